The van der Waals surface area contributed by atoms with Gasteiger partial charge in [-0.25, -0.2) is 8.42 Å². The number of amides is 1. The van der Waals surface area contributed by atoms with E-state index >= 15 is 0 Å². The molecule has 0 unspecified atom stereocenters. The number of nitrogens with zero attached hydrogens (tertiary/aromatic N) is 2. The van der Waals surface area contributed by atoms with E-state index in [0.29, 0.717) is 18.5 Å². The zero-order chi connectivity index (χ0) is 25.0. The first kappa shape index (κ1) is 25.7. The lowest BCUT2D eigenvalue weighted by molar-refractivity contribution is -0.158. The van der Waals surface area contributed by atoms with Crippen LogP contribution in [0.5, 0.6) is 0 Å². The van der Waals surface area contributed by atoms with E-state index in [4.69, 9.17) is 4.74 Å². The van der Waals surface area contributed by atoms with Gasteiger partial charge in [0.15, 0.2) is 6.10 Å². The van der Waals surface area contributed by atoms with E-state index < -0.39 is 33.9 Å². The molecule has 1 saturated heterocycles. The Balaban J connectivity index is 1.52. The Morgan fingerprint density at radius 2 is 1.65 bits per heavy atom. The maximum absolute atomic E-state index is 13.0. The van der Waals surface area contributed by atoms with Gasteiger partial charge in [0.05, 0.1) is 10.8 Å². The summed E-state index contributed by atoms with van der Waals surface area (Å²) in [6, 6.07) is 12.4. The lowest BCUT2D eigenvalue weighted by Crippen LogP contribution is -2.41. The Bertz CT molecular complexity index is 1140. The standard InChI is InChI=1S/C25H33N3O5S/c1-17-6-11-23(16-18(17)2)34(31,32)28-14-12-20(13-15-28)25(30)33-19(3)24(29)26-21-7-9-22(10-8-21)27(4)5/h6-11,16,19-20H,12-15H2,1-5H3,(H,26,29)/t19-/m0/s1. The van der Waals surface area contributed by atoms with E-state index in [2.05, 4.69) is 5.32 Å². The summed E-state index contributed by atoms with van der Waals surface area (Å²) in [5.41, 5.74) is 3.57. The normalized spacial score (nSPS) is 16.0. The topological polar surface area (TPSA) is 96.0 Å². The molecule has 1 aliphatic heterocycles. The molecule has 1 amide bonds. The van der Waals surface area contributed by atoms with Crippen molar-refractivity contribution in [2.24, 2.45) is 5.92 Å². The van der Waals surface area contributed by atoms with Gasteiger partial charge in [0.1, 0.15) is 0 Å². The Morgan fingerprint density at radius 3 is 2.21 bits per heavy atom. The van der Waals surface area contributed by atoms with Crippen molar-refractivity contribution in [2.45, 2.75) is 44.6 Å². The van der Waals surface area contributed by atoms with Gasteiger partial charge in [-0.3, -0.25) is 9.59 Å². The smallest absolute Gasteiger partial charge is 0.309 e. The number of aryl methyl sites for hydroxylation is 2. The summed E-state index contributed by atoms with van der Waals surface area (Å²) in [5.74, 6) is -1.34. The molecule has 184 valence electrons. The van der Waals surface area contributed by atoms with Crippen LogP contribution >= 0.6 is 0 Å². The van der Waals surface area contributed by atoms with Gasteiger partial charge in [0, 0.05) is 38.6 Å². The van der Waals surface area contributed by atoms with Crippen LogP contribution < -0.4 is 10.2 Å². The first-order valence-corrected chi connectivity index (χ1v) is 12.8. The van der Waals surface area contributed by atoms with Crippen molar-refractivity contribution < 1.29 is 22.7 Å². The maximum Gasteiger partial charge on any atom is 0.309 e. The lowest BCUT2D eigenvalue weighted by Gasteiger charge is -2.30. The fourth-order valence-corrected chi connectivity index (χ4v) is 5.32. The van der Waals surface area contributed by atoms with Gasteiger partial charge in [-0.15, -0.1) is 0 Å². The van der Waals surface area contributed by atoms with Crippen molar-refractivity contribution in [1.29, 1.82) is 0 Å². The highest BCUT2D eigenvalue weighted by atomic mass is 32.2. The number of carbonyl (C=O) groups is 2. The van der Waals surface area contributed by atoms with Gasteiger partial charge in [-0.2, -0.15) is 4.31 Å². The Hall–Kier alpha value is -2.91. The van der Waals surface area contributed by atoms with E-state index in [-0.39, 0.29) is 18.0 Å². The average Bonchev–Trinajstić information content (AvgIpc) is 2.81. The number of nitrogens with one attached hydrogen (secondary N) is 1. The second kappa shape index (κ2) is 10.6. The quantitative estimate of drug-likeness (QED) is 0.602. The first-order chi connectivity index (χ1) is 16.0. The van der Waals surface area contributed by atoms with Crippen molar-refractivity contribution in [1.82, 2.24) is 4.31 Å². The molecular formula is C25H33N3O5S. The molecule has 2 aromatic carbocycles. The van der Waals surface area contributed by atoms with Crippen molar-refractivity contribution in [3.8, 4) is 0 Å². The fraction of sp³-hybridized carbons (Fsp3) is 0.440. The summed E-state index contributed by atoms with van der Waals surface area (Å²) in [7, 11) is 0.242. The summed E-state index contributed by atoms with van der Waals surface area (Å²) in [4.78, 5) is 27.3. The number of sulfonamides is 1. The Labute approximate surface area is 201 Å². The number of anilines is 2. The number of ether oxygens (including phenoxy) is 1. The molecule has 1 fully saturated rings. The Morgan fingerprint density at radius 1 is 1.03 bits per heavy atom. The minimum absolute atomic E-state index is 0.230. The summed E-state index contributed by atoms with van der Waals surface area (Å²) in [6.45, 7) is 5.81. The highest BCUT2D eigenvalue weighted by Crippen LogP contribution is 2.26. The molecule has 2 aromatic rings. The van der Waals surface area contributed by atoms with Gasteiger partial charge >= 0.3 is 5.97 Å². The van der Waals surface area contributed by atoms with Crippen LogP contribution in [-0.4, -0.2) is 57.9 Å². The van der Waals surface area contributed by atoms with Crippen LogP contribution in [0.4, 0.5) is 11.4 Å². The molecule has 0 saturated carbocycles. The van der Waals surface area contributed by atoms with E-state index in [0.717, 1.165) is 16.8 Å². The number of rotatable bonds is 7. The maximum atomic E-state index is 13.0. The van der Waals surface area contributed by atoms with Crippen LogP contribution in [0.15, 0.2) is 47.4 Å². The number of hydrogen-bond acceptors (Lipinski definition) is 6. The second-order valence-corrected chi connectivity index (χ2v) is 10.9. The van der Waals surface area contributed by atoms with Crippen LogP contribution in [0.1, 0.15) is 30.9 Å². The molecule has 1 aliphatic rings. The number of esters is 1. The van der Waals surface area contributed by atoms with Crippen LogP contribution in [0.3, 0.4) is 0 Å². The van der Waals surface area contributed by atoms with Crippen molar-refractivity contribution in [3.05, 3.63) is 53.6 Å². The molecular weight excluding hydrogens is 454 g/mol. The minimum Gasteiger partial charge on any atom is -0.452 e. The van der Waals surface area contributed by atoms with E-state index in [1.165, 1.54) is 11.2 Å². The summed E-state index contributed by atoms with van der Waals surface area (Å²) in [5, 5.41) is 2.75. The third-order valence-electron chi connectivity index (χ3n) is 6.22. The predicted octanol–water partition coefficient (Wildman–Crippen LogP) is 3.34. The molecule has 0 radical (unpaired) electrons. The van der Waals surface area contributed by atoms with Crippen LogP contribution in [0.2, 0.25) is 0 Å². The molecule has 34 heavy (non-hydrogen) atoms. The van der Waals surface area contributed by atoms with Gasteiger partial charge in [0.2, 0.25) is 10.0 Å². The van der Waals surface area contributed by atoms with Crippen LogP contribution in [0, 0.1) is 19.8 Å². The lowest BCUT2D eigenvalue weighted by atomic mass is 9.98. The third-order valence-corrected chi connectivity index (χ3v) is 8.11. The van der Waals surface area contributed by atoms with Gasteiger partial charge < -0.3 is 15.0 Å². The van der Waals surface area contributed by atoms with Crippen molar-refractivity contribution in [2.75, 3.05) is 37.4 Å². The van der Waals surface area contributed by atoms with Crippen LogP contribution in [0.25, 0.3) is 0 Å². The fourth-order valence-electron chi connectivity index (χ4n) is 3.77. The molecule has 1 atom stereocenters. The SMILES string of the molecule is Cc1ccc(S(=O)(=O)N2CCC(C(=O)O[C@@H](C)C(=O)Nc3ccc(N(C)C)cc3)CC2)cc1C. The van der Waals surface area contributed by atoms with Crippen molar-refractivity contribution in [3.63, 3.8) is 0 Å². The molecule has 1 N–H and O–H groups in total. The molecule has 9 heteroatoms. The number of piperidine rings is 1. The predicted molar refractivity (Wildman–Crippen MR) is 132 cm³/mol. The van der Waals surface area contributed by atoms with E-state index in [1.54, 1.807) is 30.3 Å². The van der Waals surface area contributed by atoms with Gasteiger partial charge in [0.25, 0.3) is 5.91 Å². The van der Waals surface area contributed by atoms with Crippen molar-refractivity contribution >= 4 is 33.3 Å². The molecule has 3 rings (SSSR count). The number of hydrogen-bond donors (Lipinski definition) is 1. The monoisotopic (exact) mass is 487 g/mol. The molecule has 0 aliphatic carbocycles. The second-order valence-electron chi connectivity index (χ2n) is 8.93. The molecule has 0 aromatic heterocycles. The summed E-state index contributed by atoms with van der Waals surface area (Å²) < 4.78 is 32.8. The van der Waals surface area contributed by atoms with Crippen LogP contribution in [-0.2, 0) is 24.3 Å². The Kier molecular flexibility index (Phi) is 7.99. The first-order valence-electron chi connectivity index (χ1n) is 11.3. The van der Waals surface area contributed by atoms with Gasteiger partial charge in [-0.1, -0.05) is 6.07 Å². The highest BCUT2D eigenvalue weighted by Gasteiger charge is 2.34. The number of carbonyl (C=O) groups excluding carboxylic acids is 2. The zero-order valence-electron chi connectivity index (χ0n) is 20.4. The minimum atomic E-state index is -3.62. The highest BCUT2D eigenvalue weighted by molar-refractivity contribution is 7.89. The molecule has 8 nitrogen and oxygen atoms in total. The third kappa shape index (κ3) is 5.95. The molecule has 0 bridgehead atoms. The molecule has 1 heterocycles. The largest absolute Gasteiger partial charge is 0.452 e. The summed E-state index contributed by atoms with van der Waals surface area (Å²) >= 11 is 0. The van der Waals surface area contributed by atoms with E-state index in [1.807, 2.05) is 45.0 Å². The number of benzene rings is 2. The zero-order valence-corrected chi connectivity index (χ0v) is 21.2. The van der Waals surface area contributed by atoms with Gasteiger partial charge in [-0.05, 0) is 81.1 Å². The van der Waals surface area contributed by atoms with E-state index in [9.17, 15) is 18.0 Å². The molecule has 0 spiro atoms. The average molecular weight is 488 g/mol. The summed E-state index contributed by atoms with van der Waals surface area (Å²) in [6.07, 6.45) is -0.259.